The van der Waals surface area contributed by atoms with Crippen LogP contribution < -0.4 is 5.32 Å². The molecule has 2 nitrogen and oxygen atoms in total. The second-order valence-electron chi connectivity index (χ2n) is 5.12. The summed E-state index contributed by atoms with van der Waals surface area (Å²) in [5, 5.41) is 14.6. The van der Waals surface area contributed by atoms with E-state index in [4.69, 9.17) is 11.6 Å². The van der Waals surface area contributed by atoms with Gasteiger partial charge in [-0.15, -0.1) is 0 Å². The Morgan fingerprint density at radius 3 is 2.56 bits per heavy atom. The number of aliphatic hydroxyl groups is 1. The van der Waals surface area contributed by atoms with E-state index in [1.807, 2.05) is 18.2 Å². The van der Waals surface area contributed by atoms with Crippen molar-refractivity contribution in [3.05, 3.63) is 27.7 Å². The van der Waals surface area contributed by atoms with Gasteiger partial charge in [0.05, 0.1) is 11.3 Å². The molecule has 1 fully saturated rings. The zero-order valence-corrected chi connectivity index (χ0v) is 12.7. The van der Waals surface area contributed by atoms with Gasteiger partial charge in [0, 0.05) is 16.0 Å². The van der Waals surface area contributed by atoms with Crippen molar-refractivity contribution < 1.29 is 5.11 Å². The van der Waals surface area contributed by atoms with Crippen LogP contribution in [-0.2, 0) is 0 Å². The number of hydrogen-bond acceptors (Lipinski definition) is 2. The summed E-state index contributed by atoms with van der Waals surface area (Å²) in [5.74, 6) is 0. The minimum absolute atomic E-state index is 0.571. The van der Waals surface area contributed by atoms with Crippen molar-refractivity contribution in [2.75, 3.05) is 11.9 Å². The number of anilines is 1. The third-order valence-corrected chi connectivity index (χ3v) is 4.50. The van der Waals surface area contributed by atoms with E-state index in [2.05, 4.69) is 21.2 Å². The van der Waals surface area contributed by atoms with Crippen LogP contribution in [0.5, 0.6) is 0 Å². The quantitative estimate of drug-likeness (QED) is 0.793. The minimum atomic E-state index is -0.571. The number of benzene rings is 1. The fourth-order valence-electron chi connectivity index (χ4n) is 2.46. The maximum absolute atomic E-state index is 10.6. The minimum Gasteiger partial charge on any atom is -0.388 e. The van der Waals surface area contributed by atoms with Gasteiger partial charge in [-0.3, -0.25) is 0 Å². The Morgan fingerprint density at radius 1 is 1.22 bits per heavy atom. The fourth-order valence-corrected chi connectivity index (χ4v) is 3.02. The smallest absolute Gasteiger partial charge is 0.0819 e. The molecule has 0 spiro atoms. The molecule has 0 aliphatic heterocycles. The molecule has 1 aliphatic carbocycles. The number of halogens is 2. The maximum atomic E-state index is 10.6. The van der Waals surface area contributed by atoms with Gasteiger partial charge in [0.1, 0.15) is 0 Å². The Labute approximate surface area is 122 Å². The zero-order valence-electron chi connectivity index (χ0n) is 10.4. The third kappa shape index (κ3) is 3.87. The highest BCUT2D eigenvalue weighted by molar-refractivity contribution is 9.10. The van der Waals surface area contributed by atoms with Gasteiger partial charge in [-0.1, -0.05) is 37.3 Å². The summed E-state index contributed by atoms with van der Waals surface area (Å²) in [6.45, 7) is 0.589. The summed E-state index contributed by atoms with van der Waals surface area (Å²) in [7, 11) is 0. The summed E-state index contributed by atoms with van der Waals surface area (Å²) in [4.78, 5) is 0. The van der Waals surface area contributed by atoms with Crippen LogP contribution in [0.4, 0.5) is 5.69 Å². The summed E-state index contributed by atoms with van der Waals surface area (Å²) in [6.07, 6.45) is 6.49. The largest absolute Gasteiger partial charge is 0.388 e. The first-order valence-electron chi connectivity index (χ1n) is 6.50. The molecule has 0 atom stereocenters. The highest BCUT2D eigenvalue weighted by Gasteiger charge is 2.27. The van der Waals surface area contributed by atoms with Crippen molar-refractivity contribution in [1.82, 2.24) is 0 Å². The van der Waals surface area contributed by atoms with E-state index in [1.165, 1.54) is 12.8 Å². The van der Waals surface area contributed by atoms with Gasteiger partial charge in [-0.25, -0.2) is 0 Å². The van der Waals surface area contributed by atoms with Crippen molar-refractivity contribution in [3.8, 4) is 0 Å². The summed E-state index contributed by atoms with van der Waals surface area (Å²) in [6, 6.07) is 5.64. The molecule has 1 aromatic rings. The van der Waals surface area contributed by atoms with Crippen molar-refractivity contribution >= 4 is 33.2 Å². The first kappa shape index (κ1) is 14.2. The van der Waals surface area contributed by atoms with E-state index in [0.717, 1.165) is 35.8 Å². The van der Waals surface area contributed by atoms with E-state index in [-0.39, 0.29) is 0 Å². The molecular formula is C14H19BrClNO. The summed E-state index contributed by atoms with van der Waals surface area (Å²) < 4.78 is 0.976. The van der Waals surface area contributed by atoms with E-state index >= 15 is 0 Å². The van der Waals surface area contributed by atoms with Gasteiger partial charge in [-0.2, -0.15) is 0 Å². The Bertz CT molecular complexity index is 403. The summed E-state index contributed by atoms with van der Waals surface area (Å²) >= 11 is 9.46. The van der Waals surface area contributed by atoms with E-state index in [0.29, 0.717) is 11.6 Å². The van der Waals surface area contributed by atoms with Gasteiger partial charge in [-0.05, 0) is 47.0 Å². The van der Waals surface area contributed by atoms with E-state index < -0.39 is 5.60 Å². The Hall–Kier alpha value is -0.250. The van der Waals surface area contributed by atoms with Crippen LogP contribution in [0, 0.1) is 0 Å². The van der Waals surface area contributed by atoms with Crippen LogP contribution >= 0.6 is 27.5 Å². The molecule has 100 valence electrons. The molecule has 0 aromatic heterocycles. The van der Waals surface area contributed by atoms with Gasteiger partial charge < -0.3 is 10.4 Å². The third-order valence-electron chi connectivity index (χ3n) is 3.57. The molecule has 0 amide bonds. The molecule has 18 heavy (non-hydrogen) atoms. The molecule has 0 unspecified atom stereocenters. The monoisotopic (exact) mass is 331 g/mol. The second kappa shape index (κ2) is 6.27. The fraction of sp³-hybridized carbons (Fsp3) is 0.571. The zero-order chi connectivity index (χ0) is 13.0. The number of rotatable bonds is 3. The van der Waals surface area contributed by atoms with Gasteiger partial charge in [0.2, 0.25) is 0 Å². The predicted octanol–water partition coefficient (Wildman–Crippen LogP) is 4.60. The van der Waals surface area contributed by atoms with Gasteiger partial charge >= 0.3 is 0 Å². The first-order chi connectivity index (χ1) is 8.59. The molecule has 0 radical (unpaired) electrons. The molecule has 1 saturated carbocycles. The van der Waals surface area contributed by atoms with Crippen LogP contribution in [-0.4, -0.2) is 17.3 Å². The van der Waals surface area contributed by atoms with Crippen molar-refractivity contribution in [2.45, 2.75) is 44.1 Å². The lowest BCUT2D eigenvalue weighted by Crippen LogP contribution is -2.36. The molecule has 0 bridgehead atoms. The van der Waals surface area contributed by atoms with Crippen LogP contribution in [0.15, 0.2) is 22.7 Å². The highest BCUT2D eigenvalue weighted by Crippen LogP contribution is 2.30. The average Bonchev–Trinajstić information content (AvgIpc) is 2.56. The van der Waals surface area contributed by atoms with Crippen molar-refractivity contribution in [1.29, 1.82) is 0 Å². The van der Waals surface area contributed by atoms with Crippen LogP contribution in [0.1, 0.15) is 38.5 Å². The molecule has 1 aliphatic rings. The Kier molecular flexibility index (Phi) is 4.93. The molecule has 2 N–H and O–H groups in total. The Morgan fingerprint density at radius 2 is 1.89 bits per heavy atom. The topological polar surface area (TPSA) is 32.3 Å². The highest BCUT2D eigenvalue weighted by atomic mass is 79.9. The average molecular weight is 333 g/mol. The lowest BCUT2D eigenvalue weighted by atomic mass is 9.94. The SMILES string of the molecule is OC1(CNc2cc(Cl)ccc2Br)CCCCCC1. The molecule has 2 rings (SSSR count). The lowest BCUT2D eigenvalue weighted by Gasteiger charge is -2.27. The van der Waals surface area contributed by atoms with Crippen LogP contribution in [0.3, 0.4) is 0 Å². The van der Waals surface area contributed by atoms with Crippen molar-refractivity contribution in [3.63, 3.8) is 0 Å². The van der Waals surface area contributed by atoms with Crippen molar-refractivity contribution in [2.24, 2.45) is 0 Å². The molecule has 1 aromatic carbocycles. The maximum Gasteiger partial charge on any atom is 0.0819 e. The molecule has 0 heterocycles. The lowest BCUT2D eigenvalue weighted by molar-refractivity contribution is 0.0381. The first-order valence-corrected chi connectivity index (χ1v) is 7.67. The van der Waals surface area contributed by atoms with Gasteiger partial charge in [0.25, 0.3) is 0 Å². The van der Waals surface area contributed by atoms with Gasteiger partial charge in [0.15, 0.2) is 0 Å². The summed E-state index contributed by atoms with van der Waals surface area (Å²) in [5.41, 5.74) is 0.373. The number of nitrogens with one attached hydrogen (secondary N) is 1. The normalized spacial score (nSPS) is 19.3. The standard InChI is InChI=1S/C14H19BrClNO/c15-12-6-5-11(16)9-13(12)17-10-14(18)7-3-1-2-4-8-14/h5-6,9,17-18H,1-4,7-8,10H2. The molecule has 4 heteroatoms. The Balaban J connectivity index is 1.99. The molecular weight excluding hydrogens is 314 g/mol. The second-order valence-corrected chi connectivity index (χ2v) is 6.41. The van der Waals surface area contributed by atoms with E-state index in [9.17, 15) is 5.11 Å². The van der Waals surface area contributed by atoms with Crippen LogP contribution in [0.25, 0.3) is 0 Å². The van der Waals surface area contributed by atoms with E-state index in [1.54, 1.807) is 0 Å². The molecule has 0 saturated heterocycles. The number of hydrogen-bond donors (Lipinski definition) is 2. The predicted molar refractivity (Wildman–Crippen MR) is 80.3 cm³/mol. The van der Waals surface area contributed by atoms with Crippen LogP contribution in [0.2, 0.25) is 5.02 Å².